The van der Waals surface area contributed by atoms with Crippen molar-refractivity contribution < 1.29 is 19.7 Å². The Morgan fingerprint density at radius 1 is 1.65 bits per heavy atom. The summed E-state index contributed by atoms with van der Waals surface area (Å²) in [5.74, 6) is 2.34. The molecule has 2 heterocycles. The number of aromatic nitrogens is 2. The van der Waals surface area contributed by atoms with Crippen LogP contribution in [-0.4, -0.2) is 51.3 Å². The molecule has 0 radical (unpaired) electrons. The molecule has 8 nitrogen and oxygen atoms in total. The zero-order valence-corrected chi connectivity index (χ0v) is 10.5. The van der Waals surface area contributed by atoms with Crippen molar-refractivity contribution in [3.63, 3.8) is 0 Å². The number of rotatable bonds is 4. The molecule has 4 atom stereocenters. The lowest BCUT2D eigenvalue weighted by molar-refractivity contribution is -0.0676. The predicted octanol–water partition coefficient (Wildman–Crippen LogP) is -1.91. The molecule has 0 unspecified atom stereocenters. The largest absolute Gasteiger partial charge is 0.394 e. The van der Waals surface area contributed by atoms with Crippen LogP contribution in [0.3, 0.4) is 0 Å². The van der Waals surface area contributed by atoms with Gasteiger partial charge in [-0.05, 0) is 6.07 Å². The quantitative estimate of drug-likeness (QED) is 0.551. The molecule has 1 aromatic rings. The maximum absolute atomic E-state index is 11.8. The van der Waals surface area contributed by atoms with E-state index in [4.69, 9.17) is 26.7 Å². The van der Waals surface area contributed by atoms with Gasteiger partial charge in [0.1, 0.15) is 30.7 Å². The van der Waals surface area contributed by atoms with Gasteiger partial charge in [0.2, 0.25) is 0 Å². The molecule has 108 valence electrons. The van der Waals surface area contributed by atoms with Gasteiger partial charge in [0.15, 0.2) is 6.23 Å². The van der Waals surface area contributed by atoms with E-state index in [1.165, 1.54) is 12.3 Å². The Morgan fingerprint density at radius 2 is 2.40 bits per heavy atom. The normalized spacial score (nSPS) is 29.2. The minimum atomic E-state index is -1.11. The average molecular weight is 281 g/mol. The predicted molar refractivity (Wildman–Crippen MR) is 68.5 cm³/mol. The summed E-state index contributed by atoms with van der Waals surface area (Å²) in [4.78, 5) is 15.4. The zero-order chi connectivity index (χ0) is 14.7. The van der Waals surface area contributed by atoms with Crippen molar-refractivity contribution in [3.8, 4) is 12.3 Å². The molecule has 2 rings (SSSR count). The monoisotopic (exact) mass is 281 g/mol. The maximum Gasteiger partial charge on any atom is 0.351 e. The van der Waals surface area contributed by atoms with Gasteiger partial charge >= 0.3 is 5.69 Å². The van der Waals surface area contributed by atoms with Crippen LogP contribution in [0.1, 0.15) is 6.23 Å². The highest BCUT2D eigenvalue weighted by Crippen LogP contribution is 2.30. The van der Waals surface area contributed by atoms with Crippen LogP contribution in [0.15, 0.2) is 17.1 Å². The number of nitrogens with zero attached hydrogens (tertiary/aromatic N) is 2. The standard InChI is InChI=1S/C12H15N3O5/c1-2-5-19-10-9(17)7(6-16)20-11(10)15-4-3-8(13)14-12(15)18/h1,3-4,7,9-11,16-17H,5-6H2,(H2,13,14,18)/t7-,9+,10-,11-/m1/s1. The second kappa shape index (κ2) is 6.02. The van der Waals surface area contributed by atoms with E-state index < -0.39 is 36.8 Å². The molecule has 1 saturated heterocycles. The topological polar surface area (TPSA) is 120 Å². The minimum Gasteiger partial charge on any atom is -0.394 e. The SMILES string of the molecule is C#CCO[C@@H]1[C@@H](O)[C@@H](CO)O[C@H]1n1ccc(N)nc1=O. The van der Waals surface area contributed by atoms with Crippen LogP contribution in [0.2, 0.25) is 0 Å². The number of aliphatic hydroxyl groups excluding tert-OH is 2. The van der Waals surface area contributed by atoms with Crippen molar-refractivity contribution >= 4 is 5.82 Å². The number of nitrogens with two attached hydrogens (primary N) is 1. The van der Waals surface area contributed by atoms with Crippen LogP contribution in [0.4, 0.5) is 5.82 Å². The average Bonchev–Trinajstić information content (AvgIpc) is 2.73. The van der Waals surface area contributed by atoms with E-state index in [-0.39, 0.29) is 12.4 Å². The zero-order valence-electron chi connectivity index (χ0n) is 10.5. The summed E-state index contributed by atoms with van der Waals surface area (Å²) in [6, 6.07) is 1.42. The molecule has 0 aliphatic carbocycles. The van der Waals surface area contributed by atoms with Crippen molar-refractivity contribution in [2.75, 3.05) is 18.9 Å². The summed E-state index contributed by atoms with van der Waals surface area (Å²) < 4.78 is 11.9. The number of hydrogen-bond acceptors (Lipinski definition) is 7. The van der Waals surface area contributed by atoms with E-state index in [9.17, 15) is 9.90 Å². The summed E-state index contributed by atoms with van der Waals surface area (Å²) in [6.07, 6.45) is 2.70. The van der Waals surface area contributed by atoms with Crippen LogP contribution in [0.25, 0.3) is 0 Å². The molecular formula is C12H15N3O5. The summed E-state index contributed by atoms with van der Waals surface area (Å²) in [6.45, 7) is -0.471. The van der Waals surface area contributed by atoms with Crippen molar-refractivity contribution in [3.05, 3.63) is 22.7 Å². The van der Waals surface area contributed by atoms with Crippen LogP contribution in [-0.2, 0) is 9.47 Å². The molecule has 0 aromatic carbocycles. The van der Waals surface area contributed by atoms with Gasteiger partial charge in [0, 0.05) is 6.20 Å². The molecule has 4 N–H and O–H groups in total. The highest BCUT2D eigenvalue weighted by Gasteiger charge is 2.45. The van der Waals surface area contributed by atoms with E-state index in [1.54, 1.807) is 0 Å². The Kier molecular flexibility index (Phi) is 4.36. The second-order valence-electron chi connectivity index (χ2n) is 4.26. The van der Waals surface area contributed by atoms with Gasteiger partial charge in [0.25, 0.3) is 0 Å². The van der Waals surface area contributed by atoms with Gasteiger partial charge in [-0.15, -0.1) is 6.42 Å². The van der Waals surface area contributed by atoms with Crippen molar-refractivity contribution in [2.45, 2.75) is 24.5 Å². The van der Waals surface area contributed by atoms with Crippen LogP contribution in [0, 0.1) is 12.3 Å². The molecule has 1 aliphatic heterocycles. The highest BCUT2D eigenvalue weighted by molar-refractivity contribution is 5.23. The maximum atomic E-state index is 11.8. The number of nitrogen functional groups attached to an aromatic ring is 1. The first-order chi connectivity index (χ1) is 9.58. The number of ether oxygens (including phenoxy) is 2. The fourth-order valence-corrected chi connectivity index (χ4v) is 2.04. The third kappa shape index (κ3) is 2.66. The first-order valence-electron chi connectivity index (χ1n) is 5.92. The fourth-order valence-electron chi connectivity index (χ4n) is 2.04. The molecule has 1 fully saturated rings. The van der Waals surface area contributed by atoms with Gasteiger partial charge < -0.3 is 25.4 Å². The fraction of sp³-hybridized carbons (Fsp3) is 0.500. The number of aliphatic hydroxyl groups is 2. The molecule has 8 heteroatoms. The van der Waals surface area contributed by atoms with Crippen molar-refractivity contribution in [1.82, 2.24) is 9.55 Å². The van der Waals surface area contributed by atoms with Crippen molar-refractivity contribution in [2.24, 2.45) is 0 Å². The molecule has 0 bridgehead atoms. The van der Waals surface area contributed by atoms with Gasteiger partial charge in [-0.3, -0.25) is 4.57 Å². The Balaban J connectivity index is 2.32. The highest BCUT2D eigenvalue weighted by atomic mass is 16.6. The smallest absolute Gasteiger partial charge is 0.351 e. The van der Waals surface area contributed by atoms with Gasteiger partial charge in [-0.1, -0.05) is 5.92 Å². The molecule has 0 amide bonds. The van der Waals surface area contributed by atoms with E-state index in [1.807, 2.05) is 0 Å². The molecule has 20 heavy (non-hydrogen) atoms. The summed E-state index contributed by atoms with van der Waals surface area (Å²) in [5.41, 5.74) is 4.77. The summed E-state index contributed by atoms with van der Waals surface area (Å²) >= 11 is 0. The Morgan fingerprint density at radius 3 is 3.00 bits per heavy atom. The lowest BCUT2D eigenvalue weighted by atomic mass is 10.1. The van der Waals surface area contributed by atoms with E-state index in [0.29, 0.717) is 0 Å². The number of hydrogen-bond donors (Lipinski definition) is 3. The molecule has 1 aliphatic rings. The molecular weight excluding hydrogens is 266 g/mol. The van der Waals surface area contributed by atoms with Crippen LogP contribution in [0.5, 0.6) is 0 Å². The van der Waals surface area contributed by atoms with E-state index in [2.05, 4.69) is 10.9 Å². The van der Waals surface area contributed by atoms with E-state index in [0.717, 1.165) is 4.57 Å². The van der Waals surface area contributed by atoms with Crippen molar-refractivity contribution in [1.29, 1.82) is 0 Å². The first-order valence-corrected chi connectivity index (χ1v) is 5.92. The van der Waals surface area contributed by atoms with Crippen LogP contribution >= 0.6 is 0 Å². The summed E-state index contributed by atoms with van der Waals surface area (Å²) in [5, 5.41) is 19.2. The lowest BCUT2D eigenvalue weighted by Crippen LogP contribution is -2.38. The summed E-state index contributed by atoms with van der Waals surface area (Å²) in [7, 11) is 0. The number of anilines is 1. The molecule has 0 saturated carbocycles. The Labute approximate surface area is 114 Å². The Bertz CT molecular complexity index is 567. The first kappa shape index (κ1) is 14.5. The molecule has 1 aromatic heterocycles. The van der Waals surface area contributed by atoms with Gasteiger partial charge in [-0.2, -0.15) is 4.98 Å². The lowest BCUT2D eigenvalue weighted by Gasteiger charge is -2.21. The Hall–Kier alpha value is -1.92. The van der Waals surface area contributed by atoms with Crippen LogP contribution < -0.4 is 11.4 Å². The van der Waals surface area contributed by atoms with Gasteiger partial charge in [-0.25, -0.2) is 4.79 Å². The van der Waals surface area contributed by atoms with Gasteiger partial charge in [0.05, 0.1) is 6.61 Å². The number of terminal acetylenes is 1. The van der Waals surface area contributed by atoms with E-state index >= 15 is 0 Å². The third-order valence-corrected chi connectivity index (χ3v) is 2.98. The third-order valence-electron chi connectivity index (χ3n) is 2.98. The second-order valence-corrected chi connectivity index (χ2v) is 4.26. The molecule has 0 spiro atoms. The minimum absolute atomic E-state index is 0.0586.